The number of hydrogen-bond donors (Lipinski definition) is 3. The van der Waals surface area contributed by atoms with E-state index < -0.39 is 0 Å². The third-order valence-corrected chi connectivity index (χ3v) is 3.58. The van der Waals surface area contributed by atoms with Crippen LogP contribution in [0.2, 0.25) is 0 Å². The van der Waals surface area contributed by atoms with Crippen molar-refractivity contribution < 1.29 is 14.6 Å². The number of rotatable bonds is 4. The molecule has 0 aromatic heterocycles. The number of nitrogens with one attached hydrogen (secondary N) is 1. The van der Waals surface area contributed by atoms with Crippen LogP contribution in [0.1, 0.15) is 15.9 Å². The van der Waals surface area contributed by atoms with E-state index >= 15 is 0 Å². The van der Waals surface area contributed by atoms with Crippen molar-refractivity contribution >= 4 is 27.5 Å². The summed E-state index contributed by atoms with van der Waals surface area (Å²) >= 11 is 3.33. The zero-order chi connectivity index (χ0) is 15.4. The molecule has 0 saturated carbocycles. The van der Waals surface area contributed by atoms with Gasteiger partial charge >= 0.3 is 0 Å². The van der Waals surface area contributed by atoms with Crippen LogP contribution >= 0.6 is 15.9 Å². The maximum absolute atomic E-state index is 12.1. The van der Waals surface area contributed by atoms with E-state index in [2.05, 4.69) is 21.2 Å². The van der Waals surface area contributed by atoms with Gasteiger partial charge in [0, 0.05) is 23.4 Å². The third kappa shape index (κ3) is 3.66. The first kappa shape index (κ1) is 15.2. The van der Waals surface area contributed by atoms with Crippen LogP contribution in [0, 0.1) is 0 Å². The molecule has 0 heterocycles. The molecule has 0 spiro atoms. The Kier molecular flexibility index (Phi) is 4.70. The summed E-state index contributed by atoms with van der Waals surface area (Å²) in [5.41, 5.74) is 7.24. The third-order valence-electron chi connectivity index (χ3n) is 2.96. The van der Waals surface area contributed by atoms with Crippen LogP contribution in [-0.2, 0) is 6.54 Å². The average Bonchev–Trinajstić information content (AvgIpc) is 2.47. The van der Waals surface area contributed by atoms with Gasteiger partial charge in [-0.05, 0) is 52.3 Å². The molecule has 0 unspecified atom stereocenters. The maximum Gasteiger partial charge on any atom is 0.251 e. The number of nitrogen functional groups attached to an aromatic ring is 1. The summed E-state index contributed by atoms with van der Waals surface area (Å²) in [4.78, 5) is 12.1. The Morgan fingerprint density at radius 3 is 2.76 bits per heavy atom. The highest BCUT2D eigenvalue weighted by Crippen LogP contribution is 2.25. The molecule has 0 bridgehead atoms. The van der Waals surface area contributed by atoms with Crippen molar-refractivity contribution in [3.05, 3.63) is 52.0 Å². The number of hydrogen-bond acceptors (Lipinski definition) is 4. The summed E-state index contributed by atoms with van der Waals surface area (Å²) in [5, 5.41) is 12.4. The molecular formula is C15H15BrN2O3. The Morgan fingerprint density at radius 2 is 2.10 bits per heavy atom. The van der Waals surface area contributed by atoms with E-state index in [9.17, 15) is 9.90 Å². The number of carbonyl (C=O) groups is 1. The Labute approximate surface area is 130 Å². The number of benzene rings is 2. The molecule has 110 valence electrons. The maximum atomic E-state index is 12.1. The van der Waals surface area contributed by atoms with Crippen molar-refractivity contribution in [2.24, 2.45) is 0 Å². The zero-order valence-corrected chi connectivity index (χ0v) is 13.0. The fourth-order valence-corrected chi connectivity index (χ4v) is 2.37. The number of methoxy groups -OCH3 is 1. The number of anilines is 1. The Balaban J connectivity index is 2.08. The first-order valence-corrected chi connectivity index (χ1v) is 6.99. The van der Waals surface area contributed by atoms with Gasteiger partial charge in [-0.1, -0.05) is 0 Å². The molecule has 0 saturated heterocycles. The fourth-order valence-electron chi connectivity index (χ4n) is 1.83. The standard InChI is InChI=1S/C15H15BrN2O3/c1-21-14-5-2-9(7-12(14)16)15(20)18-8-10-6-11(17)3-4-13(10)19/h2-7,19H,8,17H2,1H3,(H,18,20). The van der Waals surface area contributed by atoms with E-state index in [0.29, 0.717) is 27.0 Å². The fraction of sp³-hybridized carbons (Fsp3) is 0.133. The van der Waals surface area contributed by atoms with E-state index in [1.807, 2.05) is 0 Å². The molecule has 6 heteroatoms. The first-order chi connectivity index (χ1) is 10.0. The normalized spacial score (nSPS) is 10.2. The average molecular weight is 351 g/mol. The predicted molar refractivity (Wildman–Crippen MR) is 84.4 cm³/mol. The number of halogens is 1. The molecule has 2 rings (SSSR count). The first-order valence-electron chi connectivity index (χ1n) is 6.20. The van der Waals surface area contributed by atoms with Gasteiger partial charge in [0.2, 0.25) is 0 Å². The molecule has 0 atom stereocenters. The second-order valence-corrected chi connectivity index (χ2v) is 5.27. The monoisotopic (exact) mass is 350 g/mol. The lowest BCUT2D eigenvalue weighted by atomic mass is 10.1. The van der Waals surface area contributed by atoms with Crippen molar-refractivity contribution in [1.29, 1.82) is 0 Å². The molecule has 5 nitrogen and oxygen atoms in total. The smallest absolute Gasteiger partial charge is 0.251 e. The molecule has 0 fully saturated rings. The number of amides is 1. The molecule has 2 aromatic rings. The number of phenols is 1. The van der Waals surface area contributed by atoms with Crippen LogP contribution in [0.5, 0.6) is 11.5 Å². The molecule has 0 aliphatic rings. The summed E-state index contributed by atoms with van der Waals surface area (Å²) in [6.45, 7) is 0.194. The van der Waals surface area contributed by atoms with Crippen molar-refractivity contribution in [3.63, 3.8) is 0 Å². The molecule has 4 N–H and O–H groups in total. The minimum atomic E-state index is -0.250. The van der Waals surface area contributed by atoms with E-state index in [-0.39, 0.29) is 18.2 Å². The van der Waals surface area contributed by atoms with Gasteiger partial charge in [0.25, 0.3) is 5.91 Å². The summed E-state index contributed by atoms with van der Waals surface area (Å²) in [6.07, 6.45) is 0. The van der Waals surface area contributed by atoms with Crippen LogP contribution in [0.25, 0.3) is 0 Å². The second kappa shape index (κ2) is 6.49. The molecule has 0 aliphatic carbocycles. The van der Waals surface area contributed by atoms with E-state index in [1.54, 1.807) is 37.4 Å². The lowest BCUT2D eigenvalue weighted by Crippen LogP contribution is -2.22. The van der Waals surface area contributed by atoms with Gasteiger partial charge in [-0.2, -0.15) is 0 Å². The van der Waals surface area contributed by atoms with Crippen molar-refractivity contribution in [2.45, 2.75) is 6.54 Å². The number of nitrogens with two attached hydrogens (primary N) is 1. The Bertz CT molecular complexity index is 674. The molecular weight excluding hydrogens is 336 g/mol. The second-order valence-electron chi connectivity index (χ2n) is 4.42. The molecule has 0 aliphatic heterocycles. The largest absolute Gasteiger partial charge is 0.508 e. The molecule has 21 heavy (non-hydrogen) atoms. The van der Waals surface area contributed by atoms with Gasteiger partial charge in [0.05, 0.1) is 11.6 Å². The highest BCUT2D eigenvalue weighted by atomic mass is 79.9. The van der Waals surface area contributed by atoms with Gasteiger partial charge in [-0.25, -0.2) is 0 Å². The van der Waals surface area contributed by atoms with E-state index in [1.165, 1.54) is 6.07 Å². The summed E-state index contributed by atoms with van der Waals surface area (Å²) in [7, 11) is 1.56. The predicted octanol–water partition coefficient (Wildman–Crippen LogP) is 2.68. The van der Waals surface area contributed by atoms with Gasteiger partial charge in [0.15, 0.2) is 0 Å². The van der Waals surface area contributed by atoms with Crippen LogP contribution in [0.15, 0.2) is 40.9 Å². The lowest BCUT2D eigenvalue weighted by Gasteiger charge is -2.09. The van der Waals surface area contributed by atoms with Gasteiger partial charge in [-0.15, -0.1) is 0 Å². The number of ether oxygens (including phenoxy) is 1. The van der Waals surface area contributed by atoms with E-state index in [4.69, 9.17) is 10.5 Å². The summed E-state index contributed by atoms with van der Waals surface area (Å²) in [5.74, 6) is 0.501. The SMILES string of the molecule is COc1ccc(C(=O)NCc2cc(N)ccc2O)cc1Br. The van der Waals surface area contributed by atoms with Crippen molar-refractivity contribution in [2.75, 3.05) is 12.8 Å². The van der Waals surface area contributed by atoms with Gasteiger partial charge < -0.3 is 20.9 Å². The number of carbonyl (C=O) groups excluding carboxylic acids is 1. The number of phenolic OH excluding ortho intramolecular Hbond substituents is 1. The Hall–Kier alpha value is -2.21. The molecule has 0 radical (unpaired) electrons. The lowest BCUT2D eigenvalue weighted by molar-refractivity contribution is 0.0950. The highest BCUT2D eigenvalue weighted by Gasteiger charge is 2.10. The quantitative estimate of drug-likeness (QED) is 0.584. The zero-order valence-electron chi connectivity index (χ0n) is 11.4. The van der Waals surface area contributed by atoms with Gasteiger partial charge in [-0.3, -0.25) is 4.79 Å². The summed E-state index contributed by atoms with van der Waals surface area (Å²) in [6, 6.07) is 9.77. The van der Waals surface area contributed by atoms with Crippen LogP contribution in [-0.4, -0.2) is 18.1 Å². The molecule has 1 amide bonds. The minimum Gasteiger partial charge on any atom is -0.508 e. The minimum absolute atomic E-state index is 0.0976. The number of aromatic hydroxyl groups is 1. The van der Waals surface area contributed by atoms with Gasteiger partial charge in [0.1, 0.15) is 11.5 Å². The molecule has 2 aromatic carbocycles. The highest BCUT2D eigenvalue weighted by molar-refractivity contribution is 9.10. The van der Waals surface area contributed by atoms with Crippen LogP contribution in [0.4, 0.5) is 5.69 Å². The van der Waals surface area contributed by atoms with Crippen LogP contribution < -0.4 is 15.8 Å². The van der Waals surface area contributed by atoms with Crippen LogP contribution in [0.3, 0.4) is 0 Å². The van der Waals surface area contributed by atoms with Crippen molar-refractivity contribution in [3.8, 4) is 11.5 Å². The van der Waals surface area contributed by atoms with E-state index in [0.717, 1.165) is 0 Å². The van der Waals surface area contributed by atoms with Crippen molar-refractivity contribution in [1.82, 2.24) is 5.32 Å². The topological polar surface area (TPSA) is 84.6 Å². The Morgan fingerprint density at radius 1 is 1.33 bits per heavy atom. The summed E-state index contributed by atoms with van der Waals surface area (Å²) < 4.78 is 5.81.